The van der Waals surface area contributed by atoms with E-state index in [0.29, 0.717) is 0 Å². The van der Waals surface area contributed by atoms with Crippen molar-refractivity contribution in [1.29, 1.82) is 0 Å². The Labute approximate surface area is 111 Å². The second kappa shape index (κ2) is 6.02. The molecule has 19 heavy (non-hydrogen) atoms. The summed E-state index contributed by atoms with van der Waals surface area (Å²) in [6.07, 6.45) is -1.43. The van der Waals surface area contributed by atoms with E-state index >= 15 is 0 Å². The molecule has 0 heterocycles. The van der Waals surface area contributed by atoms with Gasteiger partial charge in [-0.1, -0.05) is 36.4 Å². The average Bonchev–Trinajstić information content (AvgIpc) is 2.46. The van der Waals surface area contributed by atoms with Crippen LogP contribution >= 0.6 is 0 Å². The van der Waals surface area contributed by atoms with Gasteiger partial charge in [-0.05, 0) is 24.3 Å². The topological polar surface area (TPSA) is 60.8 Å². The Morgan fingerprint density at radius 1 is 0.947 bits per heavy atom. The molecule has 98 valence electrons. The van der Waals surface area contributed by atoms with Crippen LogP contribution in [0.1, 0.15) is 0 Å². The number of carboxylic acids is 1. The molecule has 1 unspecified atom stereocenters. The Balaban J connectivity index is 2.32. The molecule has 0 radical (unpaired) electrons. The monoisotopic (exact) mass is 257 g/mol. The lowest BCUT2D eigenvalue weighted by atomic mass is 10.2. The van der Waals surface area contributed by atoms with Crippen molar-refractivity contribution in [2.45, 2.75) is 6.10 Å². The molecule has 4 heteroatoms. The number of aliphatic hydroxyl groups excluding tert-OH is 1. The van der Waals surface area contributed by atoms with E-state index in [1.165, 1.54) is 0 Å². The van der Waals surface area contributed by atoms with Crippen LogP contribution < -0.4 is 4.90 Å². The number of anilines is 2. The molecule has 0 saturated heterocycles. The third-order valence-corrected chi connectivity index (χ3v) is 2.78. The highest BCUT2D eigenvalue weighted by atomic mass is 16.4. The normalized spacial score (nSPS) is 11.8. The Kier molecular flexibility index (Phi) is 4.15. The molecule has 2 N–H and O–H groups in total. The quantitative estimate of drug-likeness (QED) is 0.862. The fraction of sp³-hybridized carbons (Fsp3) is 0.133. The van der Waals surface area contributed by atoms with E-state index in [1.807, 2.05) is 60.7 Å². The van der Waals surface area contributed by atoms with Crippen LogP contribution in [-0.4, -0.2) is 28.8 Å². The molecule has 0 bridgehead atoms. The molecule has 2 rings (SSSR count). The number of hydrogen-bond acceptors (Lipinski definition) is 3. The van der Waals surface area contributed by atoms with Gasteiger partial charge < -0.3 is 15.1 Å². The van der Waals surface area contributed by atoms with Crippen molar-refractivity contribution in [1.82, 2.24) is 0 Å². The van der Waals surface area contributed by atoms with Crippen molar-refractivity contribution < 1.29 is 15.0 Å². The second-order valence-electron chi connectivity index (χ2n) is 4.14. The van der Waals surface area contributed by atoms with Crippen molar-refractivity contribution >= 4 is 17.3 Å². The van der Waals surface area contributed by atoms with Gasteiger partial charge in [0.15, 0.2) is 6.10 Å². The minimum atomic E-state index is -1.43. The summed E-state index contributed by atoms with van der Waals surface area (Å²) in [5, 5.41) is 18.4. The number of nitrogens with zero attached hydrogens (tertiary/aromatic N) is 1. The molecule has 0 amide bonds. The fourth-order valence-corrected chi connectivity index (χ4v) is 1.83. The van der Waals surface area contributed by atoms with Gasteiger partial charge in [-0.3, -0.25) is 0 Å². The predicted molar refractivity (Wildman–Crippen MR) is 73.5 cm³/mol. The zero-order chi connectivity index (χ0) is 13.7. The van der Waals surface area contributed by atoms with Crippen LogP contribution in [-0.2, 0) is 4.79 Å². The lowest BCUT2D eigenvalue weighted by molar-refractivity contribution is -0.145. The number of para-hydroxylation sites is 2. The van der Waals surface area contributed by atoms with Crippen LogP contribution in [0.2, 0.25) is 0 Å². The average molecular weight is 257 g/mol. The maximum atomic E-state index is 10.8. The van der Waals surface area contributed by atoms with Crippen LogP contribution in [0, 0.1) is 0 Å². The van der Waals surface area contributed by atoms with Crippen LogP contribution in [0.25, 0.3) is 0 Å². The Morgan fingerprint density at radius 2 is 1.37 bits per heavy atom. The van der Waals surface area contributed by atoms with E-state index < -0.39 is 12.1 Å². The van der Waals surface area contributed by atoms with Crippen molar-refractivity contribution in [3.63, 3.8) is 0 Å². The molecule has 4 nitrogen and oxygen atoms in total. The zero-order valence-electron chi connectivity index (χ0n) is 10.3. The third-order valence-electron chi connectivity index (χ3n) is 2.78. The van der Waals surface area contributed by atoms with Crippen molar-refractivity contribution in [3.8, 4) is 0 Å². The zero-order valence-corrected chi connectivity index (χ0v) is 10.3. The van der Waals surface area contributed by atoms with E-state index in [0.717, 1.165) is 11.4 Å². The molecular weight excluding hydrogens is 242 g/mol. The summed E-state index contributed by atoms with van der Waals surface area (Å²) in [6.45, 7) is 0.00333. The van der Waals surface area contributed by atoms with Crippen LogP contribution in [0.3, 0.4) is 0 Å². The van der Waals surface area contributed by atoms with Gasteiger partial charge in [0.2, 0.25) is 0 Å². The van der Waals surface area contributed by atoms with Crippen LogP contribution in [0.5, 0.6) is 0 Å². The molecule has 2 aromatic carbocycles. The molecular formula is C15H15NO3. The molecule has 0 aliphatic rings. The van der Waals surface area contributed by atoms with Crippen molar-refractivity contribution in [3.05, 3.63) is 60.7 Å². The van der Waals surface area contributed by atoms with E-state index in [4.69, 9.17) is 5.11 Å². The molecule has 0 aliphatic carbocycles. The smallest absolute Gasteiger partial charge is 0.334 e. The first-order valence-corrected chi connectivity index (χ1v) is 5.97. The summed E-state index contributed by atoms with van der Waals surface area (Å²) >= 11 is 0. The number of aliphatic carboxylic acids is 1. The maximum Gasteiger partial charge on any atom is 0.334 e. The van der Waals surface area contributed by atoms with Crippen molar-refractivity contribution in [2.24, 2.45) is 0 Å². The van der Waals surface area contributed by atoms with Gasteiger partial charge >= 0.3 is 5.97 Å². The minimum Gasteiger partial charge on any atom is -0.479 e. The molecule has 0 saturated carbocycles. The number of hydrogen-bond donors (Lipinski definition) is 2. The van der Waals surface area contributed by atoms with Gasteiger partial charge in [0.05, 0.1) is 6.54 Å². The van der Waals surface area contributed by atoms with Crippen LogP contribution in [0.15, 0.2) is 60.7 Å². The van der Waals surface area contributed by atoms with E-state index in [1.54, 1.807) is 4.90 Å². The van der Waals surface area contributed by atoms with Gasteiger partial charge in [-0.25, -0.2) is 4.79 Å². The molecule has 1 atom stereocenters. The van der Waals surface area contributed by atoms with Gasteiger partial charge in [0.1, 0.15) is 0 Å². The minimum absolute atomic E-state index is 0.00333. The summed E-state index contributed by atoms with van der Waals surface area (Å²) in [6, 6.07) is 18.8. The fourth-order valence-electron chi connectivity index (χ4n) is 1.83. The number of benzene rings is 2. The molecule has 2 aromatic rings. The highest BCUT2D eigenvalue weighted by Crippen LogP contribution is 2.24. The number of carbonyl (C=O) groups is 1. The van der Waals surface area contributed by atoms with Crippen LogP contribution in [0.4, 0.5) is 11.4 Å². The summed E-state index contributed by atoms with van der Waals surface area (Å²) in [5.74, 6) is -1.23. The largest absolute Gasteiger partial charge is 0.479 e. The first-order valence-electron chi connectivity index (χ1n) is 5.97. The molecule has 0 aromatic heterocycles. The molecule has 0 spiro atoms. The predicted octanol–water partition coefficient (Wildman–Crippen LogP) is 2.27. The van der Waals surface area contributed by atoms with Gasteiger partial charge in [-0.15, -0.1) is 0 Å². The first kappa shape index (κ1) is 13.1. The van der Waals surface area contributed by atoms with E-state index in [-0.39, 0.29) is 6.54 Å². The SMILES string of the molecule is O=C(O)C(O)CN(c1ccccc1)c1ccccc1. The summed E-state index contributed by atoms with van der Waals surface area (Å²) in [4.78, 5) is 12.6. The Bertz CT molecular complexity index is 488. The lowest BCUT2D eigenvalue weighted by Gasteiger charge is -2.26. The summed E-state index contributed by atoms with van der Waals surface area (Å²) in [5.41, 5.74) is 1.68. The maximum absolute atomic E-state index is 10.8. The third kappa shape index (κ3) is 3.33. The summed E-state index contributed by atoms with van der Waals surface area (Å²) < 4.78 is 0. The highest BCUT2D eigenvalue weighted by molar-refractivity contribution is 5.74. The van der Waals surface area contributed by atoms with Gasteiger partial charge in [0, 0.05) is 11.4 Å². The number of aliphatic hydroxyl groups is 1. The molecule has 0 aliphatic heterocycles. The number of rotatable bonds is 5. The number of carboxylic acid groups (broad SMARTS) is 1. The Hall–Kier alpha value is -2.33. The van der Waals surface area contributed by atoms with E-state index in [2.05, 4.69) is 0 Å². The van der Waals surface area contributed by atoms with E-state index in [9.17, 15) is 9.90 Å². The highest BCUT2D eigenvalue weighted by Gasteiger charge is 2.19. The summed E-state index contributed by atoms with van der Waals surface area (Å²) in [7, 11) is 0. The standard InChI is InChI=1S/C15H15NO3/c17-14(15(18)19)11-16(12-7-3-1-4-8-12)13-9-5-2-6-10-13/h1-10,14,17H,11H2,(H,18,19). The van der Waals surface area contributed by atoms with Crippen molar-refractivity contribution in [2.75, 3.05) is 11.4 Å². The second-order valence-corrected chi connectivity index (χ2v) is 4.14. The van der Waals surface area contributed by atoms with Gasteiger partial charge in [-0.2, -0.15) is 0 Å². The van der Waals surface area contributed by atoms with Gasteiger partial charge in [0.25, 0.3) is 0 Å². The molecule has 0 fully saturated rings. The first-order chi connectivity index (χ1) is 9.18. The Morgan fingerprint density at radius 3 is 1.74 bits per heavy atom. The lowest BCUT2D eigenvalue weighted by Crippen LogP contribution is -2.34.